The lowest BCUT2D eigenvalue weighted by Gasteiger charge is -2.11. The maximum atomic E-state index is 6.15. The molecule has 106 valence electrons. The van der Waals surface area contributed by atoms with Crippen molar-refractivity contribution in [1.29, 1.82) is 0 Å². The Hall–Kier alpha value is -2.20. The van der Waals surface area contributed by atoms with E-state index in [4.69, 9.17) is 16.3 Å². The Morgan fingerprint density at radius 2 is 1.95 bits per heavy atom. The van der Waals surface area contributed by atoms with Crippen molar-refractivity contribution in [2.75, 3.05) is 0 Å². The minimum Gasteiger partial charge on any atom is -0.436 e. The van der Waals surface area contributed by atoms with Crippen LogP contribution in [0.15, 0.2) is 42.9 Å². The van der Waals surface area contributed by atoms with Crippen LogP contribution in [0.4, 0.5) is 0 Å². The van der Waals surface area contributed by atoms with Gasteiger partial charge in [-0.1, -0.05) is 43.1 Å². The van der Waals surface area contributed by atoms with E-state index in [1.54, 1.807) is 6.20 Å². The summed E-state index contributed by atoms with van der Waals surface area (Å²) in [7, 11) is 0. The van der Waals surface area contributed by atoms with E-state index < -0.39 is 0 Å². The number of nitrogens with zero attached hydrogens (tertiary/aromatic N) is 3. The molecule has 0 N–H and O–H groups in total. The number of aromatic nitrogens is 3. The zero-order valence-corrected chi connectivity index (χ0v) is 12.3. The maximum Gasteiger partial charge on any atom is 0.227 e. The minimum atomic E-state index is 0.440. The first-order valence-corrected chi connectivity index (χ1v) is 7.18. The third-order valence-corrected chi connectivity index (χ3v) is 3.48. The van der Waals surface area contributed by atoms with Crippen LogP contribution >= 0.6 is 11.6 Å². The summed E-state index contributed by atoms with van der Waals surface area (Å²) in [6.45, 7) is 2.08. The van der Waals surface area contributed by atoms with Gasteiger partial charge in [-0.2, -0.15) is 0 Å². The van der Waals surface area contributed by atoms with Gasteiger partial charge in [0.25, 0.3) is 0 Å². The quantitative estimate of drug-likeness (QED) is 0.669. The molecule has 0 aliphatic carbocycles. The van der Waals surface area contributed by atoms with E-state index in [-0.39, 0.29) is 0 Å². The third kappa shape index (κ3) is 2.81. The van der Waals surface area contributed by atoms with Gasteiger partial charge in [0.2, 0.25) is 5.88 Å². The van der Waals surface area contributed by atoms with Gasteiger partial charge in [0, 0.05) is 11.6 Å². The fraction of sp³-hybridized carbons (Fsp3) is 0.188. The van der Waals surface area contributed by atoms with Gasteiger partial charge in [0.05, 0.1) is 5.56 Å². The normalized spacial score (nSPS) is 10.8. The second-order valence-electron chi connectivity index (χ2n) is 4.63. The maximum absolute atomic E-state index is 6.15. The minimum absolute atomic E-state index is 0.440. The standard InChI is InChI=1S/C16H14ClN3O/c1-2-5-12-15(17)19-10-20-16(12)21-13-8-3-6-11-7-4-9-18-14(11)13/h3-4,6-10H,2,5H2,1H3. The number of para-hydroxylation sites is 1. The molecule has 5 heteroatoms. The zero-order valence-electron chi connectivity index (χ0n) is 11.6. The molecule has 0 atom stereocenters. The van der Waals surface area contributed by atoms with E-state index in [9.17, 15) is 0 Å². The van der Waals surface area contributed by atoms with Crippen LogP contribution in [0.25, 0.3) is 10.9 Å². The number of ether oxygens (including phenoxy) is 1. The van der Waals surface area contributed by atoms with Crippen LogP contribution < -0.4 is 4.74 Å². The average Bonchev–Trinajstić information content (AvgIpc) is 2.51. The second kappa shape index (κ2) is 6.06. The van der Waals surface area contributed by atoms with Crippen molar-refractivity contribution < 1.29 is 4.74 Å². The van der Waals surface area contributed by atoms with Gasteiger partial charge in [0.15, 0.2) is 5.75 Å². The van der Waals surface area contributed by atoms with E-state index in [0.717, 1.165) is 29.3 Å². The summed E-state index contributed by atoms with van der Waals surface area (Å²) >= 11 is 6.15. The average molecular weight is 300 g/mol. The lowest BCUT2D eigenvalue weighted by Crippen LogP contribution is -1.98. The summed E-state index contributed by atoms with van der Waals surface area (Å²) in [5.74, 6) is 1.16. The van der Waals surface area contributed by atoms with Crippen LogP contribution in [-0.4, -0.2) is 15.0 Å². The van der Waals surface area contributed by atoms with Gasteiger partial charge in [0.1, 0.15) is 17.0 Å². The summed E-state index contributed by atoms with van der Waals surface area (Å²) < 4.78 is 5.96. The monoisotopic (exact) mass is 299 g/mol. The van der Waals surface area contributed by atoms with Crippen molar-refractivity contribution in [2.45, 2.75) is 19.8 Å². The lowest BCUT2D eigenvalue weighted by molar-refractivity contribution is 0.458. The van der Waals surface area contributed by atoms with Crippen LogP contribution in [0.5, 0.6) is 11.6 Å². The van der Waals surface area contributed by atoms with Gasteiger partial charge in [-0.15, -0.1) is 0 Å². The summed E-state index contributed by atoms with van der Waals surface area (Å²) in [5.41, 5.74) is 1.63. The second-order valence-corrected chi connectivity index (χ2v) is 4.99. The van der Waals surface area contributed by atoms with E-state index in [1.807, 2.05) is 30.3 Å². The summed E-state index contributed by atoms with van der Waals surface area (Å²) in [4.78, 5) is 12.6. The van der Waals surface area contributed by atoms with E-state index in [0.29, 0.717) is 16.8 Å². The summed E-state index contributed by atoms with van der Waals surface area (Å²) in [5, 5.41) is 1.46. The highest BCUT2D eigenvalue weighted by Gasteiger charge is 2.13. The molecule has 4 nitrogen and oxygen atoms in total. The Morgan fingerprint density at radius 1 is 1.10 bits per heavy atom. The van der Waals surface area contributed by atoms with E-state index in [2.05, 4.69) is 21.9 Å². The molecule has 1 aromatic carbocycles. The smallest absolute Gasteiger partial charge is 0.227 e. The largest absolute Gasteiger partial charge is 0.436 e. The van der Waals surface area contributed by atoms with Gasteiger partial charge >= 0.3 is 0 Å². The number of rotatable bonds is 4. The number of hydrogen-bond donors (Lipinski definition) is 0. The molecule has 0 saturated heterocycles. The zero-order chi connectivity index (χ0) is 14.7. The molecule has 3 rings (SSSR count). The summed E-state index contributed by atoms with van der Waals surface area (Å²) in [6, 6.07) is 9.70. The number of halogens is 1. The molecule has 0 fully saturated rings. The van der Waals surface area contributed by atoms with Crippen molar-refractivity contribution in [3.05, 3.63) is 53.6 Å². The molecule has 0 amide bonds. The third-order valence-electron chi connectivity index (χ3n) is 3.16. The molecule has 0 spiro atoms. The first-order chi connectivity index (χ1) is 10.3. The first kappa shape index (κ1) is 13.8. The molecule has 2 heterocycles. The van der Waals surface area contributed by atoms with Crippen LogP contribution in [0, 0.1) is 0 Å². The Bertz CT molecular complexity index is 771. The van der Waals surface area contributed by atoms with Crippen LogP contribution in [0.2, 0.25) is 5.15 Å². The molecular weight excluding hydrogens is 286 g/mol. The fourth-order valence-electron chi connectivity index (χ4n) is 2.19. The molecular formula is C16H14ClN3O. The molecule has 2 aromatic heterocycles. The van der Waals surface area contributed by atoms with Crippen molar-refractivity contribution in [1.82, 2.24) is 15.0 Å². The van der Waals surface area contributed by atoms with Crippen LogP contribution in [0.3, 0.4) is 0 Å². The Kier molecular flexibility index (Phi) is 3.97. The number of pyridine rings is 1. The van der Waals surface area contributed by atoms with E-state index >= 15 is 0 Å². The van der Waals surface area contributed by atoms with Crippen molar-refractivity contribution in [2.24, 2.45) is 0 Å². The first-order valence-electron chi connectivity index (χ1n) is 6.80. The van der Waals surface area contributed by atoms with Crippen molar-refractivity contribution >= 4 is 22.5 Å². The topological polar surface area (TPSA) is 47.9 Å². The summed E-state index contributed by atoms with van der Waals surface area (Å²) in [6.07, 6.45) is 4.87. The Labute approximate surface area is 127 Å². The van der Waals surface area contributed by atoms with Crippen molar-refractivity contribution in [3.63, 3.8) is 0 Å². The molecule has 21 heavy (non-hydrogen) atoms. The molecule has 0 aliphatic heterocycles. The lowest BCUT2D eigenvalue weighted by atomic mass is 10.2. The SMILES string of the molecule is CCCc1c(Cl)ncnc1Oc1cccc2cccnc12. The van der Waals surface area contributed by atoms with Gasteiger partial charge in [-0.25, -0.2) is 9.97 Å². The molecule has 0 unspecified atom stereocenters. The number of hydrogen-bond acceptors (Lipinski definition) is 4. The highest BCUT2D eigenvalue weighted by molar-refractivity contribution is 6.30. The number of benzene rings is 1. The molecule has 0 bridgehead atoms. The fourth-order valence-corrected chi connectivity index (χ4v) is 2.41. The number of fused-ring (bicyclic) bond motifs is 1. The van der Waals surface area contributed by atoms with E-state index in [1.165, 1.54) is 6.33 Å². The van der Waals surface area contributed by atoms with Gasteiger partial charge < -0.3 is 4.74 Å². The Morgan fingerprint density at radius 3 is 2.81 bits per heavy atom. The highest BCUT2D eigenvalue weighted by atomic mass is 35.5. The van der Waals surface area contributed by atoms with Crippen LogP contribution in [-0.2, 0) is 6.42 Å². The van der Waals surface area contributed by atoms with Crippen molar-refractivity contribution in [3.8, 4) is 11.6 Å². The van der Waals surface area contributed by atoms with Crippen LogP contribution in [0.1, 0.15) is 18.9 Å². The van der Waals surface area contributed by atoms with Gasteiger partial charge in [-0.05, 0) is 18.6 Å². The Balaban J connectivity index is 2.05. The predicted molar refractivity (Wildman–Crippen MR) is 82.9 cm³/mol. The molecule has 0 saturated carbocycles. The highest BCUT2D eigenvalue weighted by Crippen LogP contribution is 2.31. The molecule has 0 aliphatic rings. The molecule has 0 radical (unpaired) electrons. The predicted octanol–water partition coefficient (Wildman–Crippen LogP) is 4.42. The van der Waals surface area contributed by atoms with Gasteiger partial charge in [-0.3, -0.25) is 4.98 Å². The molecule has 3 aromatic rings.